The minimum atomic E-state index is -0.253. The first-order valence-corrected chi connectivity index (χ1v) is 8.36. The molecule has 2 N–H and O–H groups in total. The Morgan fingerprint density at radius 3 is 2.65 bits per heavy atom. The average Bonchev–Trinajstić information content (AvgIpc) is 2.61. The number of methoxy groups -OCH3 is 1. The van der Waals surface area contributed by atoms with E-state index in [-0.39, 0.29) is 5.82 Å². The predicted molar refractivity (Wildman–Crippen MR) is 102 cm³/mol. The van der Waals surface area contributed by atoms with Crippen LogP contribution in [-0.4, -0.2) is 17.1 Å². The van der Waals surface area contributed by atoms with Crippen LogP contribution in [0.3, 0.4) is 0 Å². The van der Waals surface area contributed by atoms with Crippen molar-refractivity contribution in [3.63, 3.8) is 0 Å². The maximum absolute atomic E-state index is 13.7. The standard InChI is InChI=1S/C19H18ClFN4O/c1-12-9-18(22-11-13-5-3-4-6-16(13)21)25-19(23-12)24-14-7-8-17(26-2)15(20)10-14/h3-10H,11H2,1-2H3,(H2,22,23,24,25). The first-order chi connectivity index (χ1) is 12.5. The SMILES string of the molecule is COc1ccc(Nc2nc(C)cc(NCc3ccccc3F)n2)cc1Cl. The molecule has 1 aromatic heterocycles. The van der Waals surface area contributed by atoms with Crippen LogP contribution in [0.1, 0.15) is 11.3 Å². The monoisotopic (exact) mass is 372 g/mol. The van der Waals surface area contributed by atoms with E-state index in [4.69, 9.17) is 16.3 Å². The van der Waals surface area contributed by atoms with E-state index in [1.165, 1.54) is 6.07 Å². The van der Waals surface area contributed by atoms with E-state index >= 15 is 0 Å². The molecule has 0 radical (unpaired) electrons. The van der Waals surface area contributed by atoms with Gasteiger partial charge in [-0.2, -0.15) is 4.98 Å². The average molecular weight is 373 g/mol. The van der Waals surface area contributed by atoms with E-state index in [0.29, 0.717) is 34.6 Å². The minimum Gasteiger partial charge on any atom is -0.495 e. The fourth-order valence-electron chi connectivity index (χ4n) is 2.42. The van der Waals surface area contributed by atoms with E-state index in [1.807, 2.05) is 13.0 Å². The lowest BCUT2D eigenvalue weighted by atomic mass is 10.2. The lowest BCUT2D eigenvalue weighted by molar-refractivity contribution is 0.415. The summed E-state index contributed by atoms with van der Waals surface area (Å²) in [5.74, 6) is 1.36. The van der Waals surface area contributed by atoms with Gasteiger partial charge in [-0.15, -0.1) is 0 Å². The Bertz CT molecular complexity index is 920. The zero-order valence-electron chi connectivity index (χ0n) is 14.4. The number of hydrogen-bond donors (Lipinski definition) is 2. The first-order valence-electron chi connectivity index (χ1n) is 7.98. The third-order valence-corrected chi connectivity index (χ3v) is 3.98. The number of rotatable bonds is 6. The van der Waals surface area contributed by atoms with Crippen LogP contribution in [0.25, 0.3) is 0 Å². The number of benzene rings is 2. The first kappa shape index (κ1) is 17.9. The summed E-state index contributed by atoms with van der Waals surface area (Å²) in [5.41, 5.74) is 2.08. The van der Waals surface area contributed by atoms with Crippen LogP contribution in [0.5, 0.6) is 5.75 Å². The highest BCUT2D eigenvalue weighted by Gasteiger charge is 2.07. The highest BCUT2D eigenvalue weighted by atomic mass is 35.5. The summed E-state index contributed by atoms with van der Waals surface area (Å²) in [7, 11) is 1.56. The van der Waals surface area contributed by atoms with Crippen LogP contribution in [-0.2, 0) is 6.54 Å². The zero-order valence-corrected chi connectivity index (χ0v) is 15.1. The van der Waals surface area contributed by atoms with E-state index in [2.05, 4.69) is 20.6 Å². The highest BCUT2D eigenvalue weighted by Crippen LogP contribution is 2.28. The summed E-state index contributed by atoms with van der Waals surface area (Å²) in [6.45, 7) is 2.19. The molecule has 3 rings (SSSR count). The van der Waals surface area contributed by atoms with Gasteiger partial charge >= 0.3 is 0 Å². The molecule has 0 saturated heterocycles. The van der Waals surface area contributed by atoms with Crippen molar-refractivity contribution in [2.45, 2.75) is 13.5 Å². The predicted octanol–water partition coefficient (Wildman–Crippen LogP) is 4.94. The normalized spacial score (nSPS) is 10.5. The van der Waals surface area contributed by atoms with Gasteiger partial charge in [-0.25, -0.2) is 9.37 Å². The van der Waals surface area contributed by atoms with Crippen molar-refractivity contribution in [2.24, 2.45) is 0 Å². The van der Waals surface area contributed by atoms with Crippen molar-refractivity contribution in [3.05, 3.63) is 70.6 Å². The summed E-state index contributed by atoms with van der Waals surface area (Å²) in [6, 6.07) is 13.7. The van der Waals surface area contributed by atoms with Crippen LogP contribution < -0.4 is 15.4 Å². The molecular formula is C19H18ClFN4O. The maximum atomic E-state index is 13.7. The van der Waals surface area contributed by atoms with Crippen molar-refractivity contribution in [3.8, 4) is 5.75 Å². The second kappa shape index (κ2) is 8.01. The number of nitrogens with zero attached hydrogens (tertiary/aromatic N) is 2. The Kier molecular flexibility index (Phi) is 5.53. The summed E-state index contributed by atoms with van der Waals surface area (Å²) >= 11 is 6.14. The molecule has 134 valence electrons. The van der Waals surface area contributed by atoms with Crippen molar-refractivity contribution in [1.29, 1.82) is 0 Å². The Labute approximate surface area is 156 Å². The molecule has 1 heterocycles. The molecule has 2 aromatic carbocycles. The summed E-state index contributed by atoms with van der Waals surface area (Å²) in [6.07, 6.45) is 0. The quantitative estimate of drug-likeness (QED) is 0.641. The fourth-order valence-corrected chi connectivity index (χ4v) is 2.67. The Morgan fingerprint density at radius 1 is 1.12 bits per heavy atom. The number of hydrogen-bond acceptors (Lipinski definition) is 5. The Balaban J connectivity index is 1.75. The van der Waals surface area contributed by atoms with Crippen LogP contribution in [0.4, 0.5) is 21.8 Å². The van der Waals surface area contributed by atoms with Crippen molar-refractivity contribution >= 4 is 29.1 Å². The van der Waals surface area contributed by atoms with E-state index < -0.39 is 0 Å². The van der Waals surface area contributed by atoms with Crippen molar-refractivity contribution in [2.75, 3.05) is 17.7 Å². The van der Waals surface area contributed by atoms with Gasteiger partial charge in [0.15, 0.2) is 0 Å². The second-order valence-corrected chi connectivity index (χ2v) is 6.04. The van der Waals surface area contributed by atoms with E-state index in [9.17, 15) is 4.39 Å². The summed E-state index contributed by atoms with van der Waals surface area (Å²) < 4.78 is 18.9. The van der Waals surface area contributed by atoms with Crippen LogP contribution in [0, 0.1) is 12.7 Å². The third-order valence-electron chi connectivity index (χ3n) is 3.68. The van der Waals surface area contributed by atoms with Gasteiger partial charge in [0.25, 0.3) is 0 Å². The van der Waals surface area contributed by atoms with Gasteiger partial charge in [0.05, 0.1) is 12.1 Å². The zero-order chi connectivity index (χ0) is 18.5. The molecule has 0 fully saturated rings. The molecule has 0 saturated carbocycles. The smallest absolute Gasteiger partial charge is 0.229 e. The highest BCUT2D eigenvalue weighted by molar-refractivity contribution is 6.32. The Morgan fingerprint density at radius 2 is 1.92 bits per heavy atom. The number of aryl methyl sites for hydroxylation is 1. The van der Waals surface area contributed by atoms with Crippen LogP contribution in [0.15, 0.2) is 48.5 Å². The molecule has 0 aliphatic carbocycles. The number of ether oxygens (including phenoxy) is 1. The molecular weight excluding hydrogens is 355 g/mol. The molecule has 0 unspecified atom stereocenters. The van der Waals surface area contributed by atoms with Gasteiger partial charge in [0, 0.05) is 29.6 Å². The van der Waals surface area contributed by atoms with E-state index in [1.54, 1.807) is 43.5 Å². The molecule has 0 spiro atoms. The number of halogens is 2. The molecule has 7 heteroatoms. The second-order valence-electron chi connectivity index (χ2n) is 5.64. The third kappa shape index (κ3) is 4.40. The van der Waals surface area contributed by atoms with Gasteiger partial charge in [0.1, 0.15) is 17.4 Å². The summed E-state index contributed by atoms with van der Waals surface area (Å²) in [5, 5.41) is 6.72. The minimum absolute atomic E-state index is 0.253. The molecule has 3 aromatic rings. The lowest BCUT2D eigenvalue weighted by Crippen LogP contribution is -2.06. The van der Waals surface area contributed by atoms with Crippen molar-refractivity contribution in [1.82, 2.24) is 9.97 Å². The largest absolute Gasteiger partial charge is 0.495 e. The van der Waals surface area contributed by atoms with Crippen LogP contribution in [0.2, 0.25) is 5.02 Å². The molecule has 0 aliphatic rings. The van der Waals surface area contributed by atoms with Gasteiger partial charge in [0.2, 0.25) is 5.95 Å². The molecule has 26 heavy (non-hydrogen) atoms. The van der Waals surface area contributed by atoms with Crippen molar-refractivity contribution < 1.29 is 9.13 Å². The molecule has 5 nitrogen and oxygen atoms in total. The van der Waals surface area contributed by atoms with E-state index in [0.717, 1.165) is 11.4 Å². The van der Waals surface area contributed by atoms with Gasteiger partial charge in [-0.1, -0.05) is 29.8 Å². The van der Waals surface area contributed by atoms with Gasteiger partial charge < -0.3 is 15.4 Å². The summed E-state index contributed by atoms with van der Waals surface area (Å²) in [4.78, 5) is 8.78. The molecule has 0 bridgehead atoms. The lowest BCUT2D eigenvalue weighted by Gasteiger charge is -2.11. The van der Waals surface area contributed by atoms with Gasteiger partial charge in [-0.05, 0) is 31.2 Å². The Hall–Kier alpha value is -2.86. The van der Waals surface area contributed by atoms with Gasteiger partial charge in [-0.3, -0.25) is 0 Å². The van der Waals surface area contributed by atoms with Crippen LogP contribution >= 0.6 is 11.6 Å². The number of anilines is 3. The number of aromatic nitrogens is 2. The molecule has 0 atom stereocenters. The number of nitrogens with one attached hydrogen (secondary N) is 2. The molecule has 0 aliphatic heterocycles. The maximum Gasteiger partial charge on any atom is 0.229 e. The fraction of sp³-hybridized carbons (Fsp3) is 0.158. The topological polar surface area (TPSA) is 59.1 Å². The molecule has 0 amide bonds.